The zero-order valence-corrected chi connectivity index (χ0v) is 11.6. The maximum Gasteiger partial charge on any atom is 0.317 e. The van der Waals surface area contributed by atoms with Gasteiger partial charge in [0.25, 0.3) is 0 Å². The number of nitrogens with zero attached hydrogens (tertiary/aromatic N) is 1. The number of urea groups is 1. The van der Waals surface area contributed by atoms with Gasteiger partial charge in [-0.1, -0.05) is 12.8 Å². The summed E-state index contributed by atoms with van der Waals surface area (Å²) >= 11 is 1.94. The number of carbonyl (C=O) groups excluding carboxylic acids is 1. The highest BCUT2D eigenvalue weighted by molar-refractivity contribution is 7.99. The number of hydrogen-bond donors (Lipinski definition) is 1. The molecule has 0 radical (unpaired) electrons. The summed E-state index contributed by atoms with van der Waals surface area (Å²) in [7, 11) is 0. The molecule has 1 aliphatic carbocycles. The molecule has 4 heteroatoms. The van der Waals surface area contributed by atoms with Crippen molar-refractivity contribution in [2.75, 3.05) is 19.3 Å². The number of nitrogens with one attached hydrogen (secondary N) is 1. The van der Waals surface area contributed by atoms with E-state index in [2.05, 4.69) is 11.6 Å². The Hall–Kier alpha value is -0.380. The minimum atomic E-state index is 0.179. The number of likely N-dealkylation sites (tertiary alicyclic amines) is 1. The average molecular weight is 256 g/mol. The molecule has 1 saturated heterocycles. The number of hydrogen-bond acceptors (Lipinski definition) is 2. The van der Waals surface area contributed by atoms with Gasteiger partial charge in [-0.2, -0.15) is 11.8 Å². The summed E-state index contributed by atoms with van der Waals surface area (Å²) in [6.07, 6.45) is 10.6. The quantitative estimate of drug-likeness (QED) is 0.824. The summed E-state index contributed by atoms with van der Waals surface area (Å²) in [5.41, 5.74) is 0. The molecule has 2 amide bonds. The number of thioether (sulfide) groups is 1. The molecule has 0 aromatic heterocycles. The first-order valence-electron chi connectivity index (χ1n) is 6.88. The first kappa shape index (κ1) is 13.1. The van der Waals surface area contributed by atoms with Crippen molar-refractivity contribution in [3.05, 3.63) is 0 Å². The molecular formula is C13H24N2OS. The lowest BCUT2D eigenvalue weighted by atomic mass is 10.2. The van der Waals surface area contributed by atoms with Crippen molar-refractivity contribution < 1.29 is 4.79 Å². The lowest BCUT2D eigenvalue weighted by Gasteiger charge is -2.23. The second-order valence-electron chi connectivity index (χ2n) is 5.22. The third-order valence-electron chi connectivity index (χ3n) is 3.94. The third-order valence-corrected chi connectivity index (χ3v) is 5.03. The predicted molar refractivity (Wildman–Crippen MR) is 73.5 cm³/mol. The van der Waals surface area contributed by atoms with E-state index in [9.17, 15) is 4.79 Å². The molecule has 98 valence electrons. The topological polar surface area (TPSA) is 32.3 Å². The monoisotopic (exact) mass is 256 g/mol. The van der Waals surface area contributed by atoms with Gasteiger partial charge >= 0.3 is 6.03 Å². The fraction of sp³-hybridized carbons (Fsp3) is 0.923. The first-order valence-corrected chi connectivity index (χ1v) is 8.16. The van der Waals surface area contributed by atoms with Crippen LogP contribution in [0, 0.1) is 0 Å². The number of amides is 2. The number of rotatable bonds is 2. The molecule has 0 spiro atoms. The van der Waals surface area contributed by atoms with E-state index in [-0.39, 0.29) is 6.03 Å². The Kier molecular flexibility index (Phi) is 5.01. The molecule has 17 heavy (non-hydrogen) atoms. The highest BCUT2D eigenvalue weighted by Crippen LogP contribution is 2.28. The van der Waals surface area contributed by atoms with E-state index >= 15 is 0 Å². The summed E-state index contributed by atoms with van der Waals surface area (Å²) in [6.45, 7) is 1.90. The Labute approximate surface area is 109 Å². The van der Waals surface area contributed by atoms with Crippen LogP contribution < -0.4 is 5.32 Å². The molecular weight excluding hydrogens is 232 g/mol. The average Bonchev–Trinajstić information content (AvgIpc) is 2.62. The van der Waals surface area contributed by atoms with E-state index in [1.807, 2.05) is 16.7 Å². The van der Waals surface area contributed by atoms with Crippen LogP contribution >= 0.6 is 11.8 Å². The van der Waals surface area contributed by atoms with Crippen molar-refractivity contribution in [2.24, 2.45) is 0 Å². The molecule has 0 aromatic carbocycles. The van der Waals surface area contributed by atoms with Crippen molar-refractivity contribution in [3.63, 3.8) is 0 Å². The lowest BCUT2D eigenvalue weighted by molar-refractivity contribution is 0.196. The Bertz CT molecular complexity index is 252. The smallest absolute Gasteiger partial charge is 0.317 e. The molecule has 0 bridgehead atoms. The van der Waals surface area contributed by atoms with Crippen molar-refractivity contribution in [1.82, 2.24) is 10.2 Å². The molecule has 1 saturated carbocycles. The molecule has 2 unspecified atom stereocenters. The van der Waals surface area contributed by atoms with Gasteiger partial charge < -0.3 is 10.2 Å². The summed E-state index contributed by atoms with van der Waals surface area (Å²) in [5, 5.41) is 3.97. The van der Waals surface area contributed by atoms with E-state index in [1.165, 1.54) is 32.1 Å². The van der Waals surface area contributed by atoms with Crippen LogP contribution in [0.4, 0.5) is 4.79 Å². The van der Waals surface area contributed by atoms with E-state index < -0.39 is 0 Å². The molecule has 0 aromatic rings. The van der Waals surface area contributed by atoms with Crippen LogP contribution in [0.1, 0.15) is 44.9 Å². The summed E-state index contributed by atoms with van der Waals surface area (Å²) < 4.78 is 0. The second kappa shape index (κ2) is 6.53. The molecule has 1 N–H and O–H groups in total. The van der Waals surface area contributed by atoms with E-state index in [0.717, 1.165) is 31.2 Å². The minimum absolute atomic E-state index is 0.179. The van der Waals surface area contributed by atoms with E-state index in [4.69, 9.17) is 0 Å². The molecule has 3 nitrogen and oxygen atoms in total. The van der Waals surface area contributed by atoms with Crippen LogP contribution in [0.2, 0.25) is 0 Å². The third kappa shape index (κ3) is 3.80. The van der Waals surface area contributed by atoms with Crippen molar-refractivity contribution in [2.45, 2.75) is 56.2 Å². The molecule has 2 rings (SSSR count). The van der Waals surface area contributed by atoms with Crippen molar-refractivity contribution in [3.8, 4) is 0 Å². The van der Waals surface area contributed by atoms with E-state index in [1.54, 1.807) is 0 Å². The highest BCUT2D eigenvalue weighted by Gasteiger charge is 2.26. The predicted octanol–water partition coefficient (Wildman–Crippen LogP) is 2.86. The molecule has 2 atom stereocenters. The van der Waals surface area contributed by atoms with Crippen LogP contribution in [-0.4, -0.2) is 41.6 Å². The molecule has 1 aliphatic heterocycles. The Morgan fingerprint density at radius 1 is 1.18 bits per heavy atom. The second-order valence-corrected chi connectivity index (χ2v) is 6.36. The van der Waals surface area contributed by atoms with Gasteiger partial charge in [-0.15, -0.1) is 0 Å². The van der Waals surface area contributed by atoms with Crippen LogP contribution in [0.5, 0.6) is 0 Å². The number of carbonyl (C=O) groups is 1. The fourth-order valence-electron chi connectivity index (χ4n) is 2.82. The molecule has 2 aliphatic rings. The Morgan fingerprint density at radius 2 is 1.88 bits per heavy atom. The summed E-state index contributed by atoms with van der Waals surface area (Å²) in [6, 6.07) is 0.599. The first-order chi connectivity index (χ1) is 8.29. The maximum absolute atomic E-state index is 12.1. The normalized spacial score (nSPS) is 30.1. The minimum Gasteiger partial charge on any atom is -0.335 e. The largest absolute Gasteiger partial charge is 0.335 e. The van der Waals surface area contributed by atoms with E-state index in [0.29, 0.717) is 6.04 Å². The SMILES string of the molecule is CSC1CCC(NC(=O)N2CCCCCC2)C1. The zero-order valence-electron chi connectivity index (χ0n) is 10.8. The standard InChI is InChI=1S/C13H24N2OS/c1-17-12-7-6-11(10-12)14-13(16)15-8-4-2-3-5-9-15/h11-12H,2-10H2,1H3,(H,14,16). The van der Waals surface area contributed by atoms with Crippen molar-refractivity contribution in [1.29, 1.82) is 0 Å². The van der Waals surface area contributed by atoms with Gasteiger partial charge in [0, 0.05) is 24.4 Å². The van der Waals surface area contributed by atoms with Gasteiger partial charge in [-0.3, -0.25) is 0 Å². The van der Waals surface area contributed by atoms with Gasteiger partial charge in [0.15, 0.2) is 0 Å². The zero-order chi connectivity index (χ0) is 12.1. The molecule has 1 heterocycles. The lowest BCUT2D eigenvalue weighted by Crippen LogP contribution is -2.44. The summed E-state index contributed by atoms with van der Waals surface area (Å²) in [4.78, 5) is 14.1. The highest BCUT2D eigenvalue weighted by atomic mass is 32.2. The van der Waals surface area contributed by atoms with Gasteiger partial charge in [-0.05, 0) is 38.4 Å². The van der Waals surface area contributed by atoms with Crippen LogP contribution in [0.3, 0.4) is 0 Å². The van der Waals surface area contributed by atoms with Gasteiger partial charge in [0.1, 0.15) is 0 Å². The van der Waals surface area contributed by atoms with Gasteiger partial charge in [0.2, 0.25) is 0 Å². The van der Waals surface area contributed by atoms with Crippen molar-refractivity contribution >= 4 is 17.8 Å². The molecule has 2 fully saturated rings. The van der Waals surface area contributed by atoms with Crippen LogP contribution in [0.25, 0.3) is 0 Å². The fourth-order valence-corrected chi connectivity index (χ4v) is 3.62. The van der Waals surface area contributed by atoms with Crippen LogP contribution in [0.15, 0.2) is 0 Å². The Morgan fingerprint density at radius 3 is 2.47 bits per heavy atom. The Balaban J connectivity index is 1.76. The van der Waals surface area contributed by atoms with Gasteiger partial charge in [0.05, 0.1) is 0 Å². The maximum atomic E-state index is 12.1. The summed E-state index contributed by atoms with van der Waals surface area (Å²) in [5.74, 6) is 0. The van der Waals surface area contributed by atoms with Crippen LogP contribution in [-0.2, 0) is 0 Å². The van der Waals surface area contributed by atoms with Gasteiger partial charge in [-0.25, -0.2) is 4.79 Å².